The van der Waals surface area contributed by atoms with Crippen molar-refractivity contribution < 1.29 is 19.1 Å². The number of anilines is 1. The normalized spacial score (nSPS) is 10.2. The van der Waals surface area contributed by atoms with Crippen LogP contribution in [0.2, 0.25) is 10.0 Å². The van der Waals surface area contributed by atoms with E-state index in [1.807, 2.05) is 6.07 Å². The minimum absolute atomic E-state index is 0.0839. The first kappa shape index (κ1) is 18.9. The second kappa shape index (κ2) is 8.60. The van der Waals surface area contributed by atoms with Crippen LogP contribution >= 0.6 is 23.2 Å². The molecular weight excluding hydrogens is 367 g/mol. The fraction of sp³-hybridized carbons (Fsp3) is 0.176. The highest BCUT2D eigenvalue weighted by Gasteiger charge is 2.17. The Morgan fingerprint density at radius 1 is 1.16 bits per heavy atom. The van der Waals surface area contributed by atoms with Crippen molar-refractivity contribution in [2.24, 2.45) is 0 Å². The quantitative estimate of drug-likeness (QED) is 0.591. The average Bonchev–Trinajstić information content (AvgIpc) is 2.60. The van der Waals surface area contributed by atoms with Crippen LogP contribution in [0.25, 0.3) is 0 Å². The Morgan fingerprint density at radius 2 is 1.88 bits per heavy atom. The summed E-state index contributed by atoms with van der Waals surface area (Å²) in [7, 11) is 1.38. The van der Waals surface area contributed by atoms with E-state index in [1.165, 1.54) is 19.2 Å². The molecule has 2 aromatic carbocycles. The maximum Gasteiger partial charge on any atom is 0.342 e. The van der Waals surface area contributed by atoms with Gasteiger partial charge in [0.15, 0.2) is 6.61 Å². The first-order valence-electron chi connectivity index (χ1n) is 7.22. The molecule has 0 aliphatic heterocycles. The van der Waals surface area contributed by atoms with Crippen molar-refractivity contribution in [3.05, 3.63) is 57.6 Å². The maximum atomic E-state index is 12.1. The number of nitrogens with one attached hydrogen (secondary N) is 1. The van der Waals surface area contributed by atoms with E-state index < -0.39 is 18.5 Å². The predicted molar refractivity (Wildman–Crippen MR) is 96.0 cm³/mol. The van der Waals surface area contributed by atoms with Crippen LogP contribution in [-0.2, 0) is 16.1 Å². The molecule has 0 heterocycles. The Balaban J connectivity index is 1.92. The molecule has 0 unspecified atom stereocenters. The maximum absolute atomic E-state index is 12.1. The summed E-state index contributed by atoms with van der Waals surface area (Å²) in [6.07, 6.45) is 0. The highest BCUT2D eigenvalue weighted by atomic mass is 35.5. The van der Waals surface area contributed by atoms with Gasteiger partial charge in [0.25, 0.3) is 5.91 Å². The van der Waals surface area contributed by atoms with E-state index >= 15 is 0 Å². The number of rotatable bonds is 6. The molecule has 0 atom stereocenters. The van der Waals surface area contributed by atoms with Crippen molar-refractivity contribution in [2.75, 3.05) is 19.5 Å². The molecule has 0 bridgehead atoms. The van der Waals surface area contributed by atoms with Gasteiger partial charge in [0, 0.05) is 17.6 Å². The van der Waals surface area contributed by atoms with Gasteiger partial charge in [0.1, 0.15) is 11.3 Å². The molecular formula is C17H16Cl2N2O4. The number of hydrogen-bond acceptors (Lipinski definition) is 5. The monoisotopic (exact) mass is 382 g/mol. The summed E-state index contributed by atoms with van der Waals surface area (Å²) in [5.74, 6) is -0.996. The first-order chi connectivity index (χ1) is 11.9. The average molecular weight is 383 g/mol. The molecule has 132 valence electrons. The van der Waals surface area contributed by atoms with Crippen LogP contribution in [0.3, 0.4) is 0 Å². The van der Waals surface area contributed by atoms with Crippen LogP contribution in [0.15, 0.2) is 36.4 Å². The first-order valence-corrected chi connectivity index (χ1v) is 7.98. The van der Waals surface area contributed by atoms with Crippen molar-refractivity contribution in [1.29, 1.82) is 0 Å². The van der Waals surface area contributed by atoms with Gasteiger partial charge < -0.3 is 20.5 Å². The Kier molecular flexibility index (Phi) is 6.50. The van der Waals surface area contributed by atoms with E-state index in [4.69, 9.17) is 38.4 Å². The Bertz CT molecular complexity index is 796. The summed E-state index contributed by atoms with van der Waals surface area (Å²) >= 11 is 11.9. The Morgan fingerprint density at radius 3 is 2.56 bits per heavy atom. The molecule has 0 fully saturated rings. The van der Waals surface area contributed by atoms with E-state index in [1.54, 1.807) is 18.2 Å². The molecule has 1 amide bonds. The van der Waals surface area contributed by atoms with Crippen LogP contribution in [0.1, 0.15) is 15.9 Å². The number of carbonyl (C=O) groups excluding carboxylic acids is 2. The molecule has 3 N–H and O–H groups in total. The standard InChI is InChI=1S/C17H16Cl2N2O4/c1-24-15-7-14(20)13(19)6-11(15)17(23)25-9-16(22)21-8-10-4-2-3-5-12(10)18/h2-7H,8-9,20H2,1H3,(H,21,22). The van der Waals surface area contributed by atoms with Crippen LogP contribution in [-0.4, -0.2) is 25.6 Å². The highest BCUT2D eigenvalue weighted by molar-refractivity contribution is 6.33. The second-order valence-corrected chi connectivity index (χ2v) is 5.83. The van der Waals surface area contributed by atoms with Crippen molar-refractivity contribution in [2.45, 2.75) is 6.54 Å². The number of amides is 1. The van der Waals surface area contributed by atoms with Crippen molar-refractivity contribution >= 4 is 40.8 Å². The number of methoxy groups -OCH3 is 1. The molecule has 0 radical (unpaired) electrons. The third-order valence-electron chi connectivity index (χ3n) is 3.31. The van der Waals surface area contributed by atoms with Gasteiger partial charge in [-0.2, -0.15) is 0 Å². The zero-order valence-corrected chi connectivity index (χ0v) is 14.9. The van der Waals surface area contributed by atoms with Gasteiger partial charge in [-0.25, -0.2) is 4.79 Å². The second-order valence-electron chi connectivity index (χ2n) is 5.02. The van der Waals surface area contributed by atoms with E-state index in [2.05, 4.69) is 5.32 Å². The minimum atomic E-state index is -0.744. The summed E-state index contributed by atoms with van der Waals surface area (Å²) in [6, 6.07) is 9.86. The number of hydrogen-bond donors (Lipinski definition) is 2. The van der Waals surface area contributed by atoms with Crippen LogP contribution < -0.4 is 15.8 Å². The van der Waals surface area contributed by atoms with Gasteiger partial charge in [-0.1, -0.05) is 41.4 Å². The molecule has 0 saturated carbocycles. The molecule has 25 heavy (non-hydrogen) atoms. The summed E-state index contributed by atoms with van der Waals surface area (Å²) in [6.45, 7) is -0.221. The highest BCUT2D eigenvalue weighted by Crippen LogP contribution is 2.29. The van der Waals surface area contributed by atoms with Gasteiger partial charge in [-0.3, -0.25) is 4.79 Å². The molecule has 6 nitrogen and oxygen atoms in total. The summed E-state index contributed by atoms with van der Waals surface area (Å²) < 4.78 is 10.1. The van der Waals surface area contributed by atoms with Gasteiger partial charge in [-0.15, -0.1) is 0 Å². The number of nitrogens with two attached hydrogens (primary N) is 1. The lowest BCUT2D eigenvalue weighted by molar-refractivity contribution is -0.124. The van der Waals surface area contributed by atoms with Gasteiger partial charge in [-0.05, 0) is 17.7 Å². The smallest absolute Gasteiger partial charge is 0.342 e. The number of carbonyl (C=O) groups is 2. The van der Waals surface area contributed by atoms with Gasteiger partial charge in [0.2, 0.25) is 0 Å². The molecule has 0 aliphatic carbocycles. The topological polar surface area (TPSA) is 90.7 Å². The summed E-state index contributed by atoms with van der Waals surface area (Å²) in [4.78, 5) is 23.9. The van der Waals surface area contributed by atoms with E-state index in [-0.39, 0.29) is 28.6 Å². The Labute approximate surface area is 154 Å². The molecule has 8 heteroatoms. The molecule has 0 aliphatic rings. The molecule has 0 saturated heterocycles. The fourth-order valence-electron chi connectivity index (χ4n) is 1.99. The number of halogens is 2. The SMILES string of the molecule is COc1cc(N)c(Cl)cc1C(=O)OCC(=O)NCc1ccccc1Cl. The van der Waals surface area contributed by atoms with Gasteiger partial charge >= 0.3 is 5.97 Å². The van der Waals surface area contributed by atoms with E-state index in [0.29, 0.717) is 5.02 Å². The molecule has 2 rings (SSSR count). The van der Waals surface area contributed by atoms with E-state index in [9.17, 15) is 9.59 Å². The largest absolute Gasteiger partial charge is 0.496 e. The third kappa shape index (κ3) is 5.01. The van der Waals surface area contributed by atoms with Crippen molar-refractivity contribution in [3.63, 3.8) is 0 Å². The molecule has 0 aromatic heterocycles. The lowest BCUT2D eigenvalue weighted by Crippen LogP contribution is -2.28. The number of nitrogen functional groups attached to an aromatic ring is 1. The van der Waals surface area contributed by atoms with Gasteiger partial charge in [0.05, 0.1) is 17.8 Å². The zero-order valence-electron chi connectivity index (χ0n) is 13.3. The number of benzene rings is 2. The van der Waals surface area contributed by atoms with Crippen LogP contribution in [0.5, 0.6) is 5.75 Å². The predicted octanol–water partition coefficient (Wildman–Crippen LogP) is 3.06. The molecule has 2 aromatic rings. The third-order valence-corrected chi connectivity index (χ3v) is 4.00. The van der Waals surface area contributed by atoms with E-state index in [0.717, 1.165) is 5.56 Å². The zero-order chi connectivity index (χ0) is 18.4. The lowest BCUT2D eigenvalue weighted by atomic mass is 10.2. The van der Waals surface area contributed by atoms with Crippen LogP contribution in [0, 0.1) is 0 Å². The minimum Gasteiger partial charge on any atom is -0.496 e. The summed E-state index contributed by atoms with van der Waals surface area (Å²) in [5, 5.41) is 3.35. The lowest BCUT2D eigenvalue weighted by Gasteiger charge is -2.11. The van der Waals surface area contributed by atoms with Crippen molar-refractivity contribution in [3.8, 4) is 5.75 Å². The van der Waals surface area contributed by atoms with Crippen molar-refractivity contribution in [1.82, 2.24) is 5.32 Å². The van der Waals surface area contributed by atoms with Crippen LogP contribution in [0.4, 0.5) is 5.69 Å². The fourth-order valence-corrected chi connectivity index (χ4v) is 2.36. The number of ether oxygens (including phenoxy) is 2. The molecule has 0 spiro atoms. The number of esters is 1. The Hall–Kier alpha value is -2.44. The summed E-state index contributed by atoms with van der Waals surface area (Å²) in [5.41, 5.74) is 6.77.